The maximum atomic E-state index is 12.5. The summed E-state index contributed by atoms with van der Waals surface area (Å²) in [5.41, 5.74) is 0.174. The normalized spacial score (nSPS) is 22.4. The van der Waals surface area contributed by atoms with E-state index in [4.69, 9.17) is 11.6 Å². The molecule has 148 valence electrons. The summed E-state index contributed by atoms with van der Waals surface area (Å²) in [4.78, 5) is 1.96. The van der Waals surface area contributed by atoms with Gasteiger partial charge in [-0.05, 0) is 67.8 Å². The molecule has 2 aliphatic rings. The molecule has 0 fully saturated rings. The Morgan fingerprint density at radius 3 is 2.43 bits per heavy atom. The largest absolute Gasteiger partial charge is 0.435 e. The SMILES string of the molecule is O[C@]1(c2ccc(OC(F)F)cc2)C[N+]2=C(CCCCC2)N1c1ccc(Cl)cc1. The quantitative estimate of drug-likeness (QED) is 0.753. The summed E-state index contributed by atoms with van der Waals surface area (Å²) >= 11 is 6.06. The molecule has 0 saturated heterocycles. The molecule has 4 nitrogen and oxygen atoms in total. The Balaban J connectivity index is 1.74. The van der Waals surface area contributed by atoms with Gasteiger partial charge in [-0.3, -0.25) is 4.58 Å². The molecule has 0 spiro atoms. The minimum atomic E-state index is -2.88. The van der Waals surface area contributed by atoms with Crippen LogP contribution in [0.5, 0.6) is 5.75 Å². The van der Waals surface area contributed by atoms with Gasteiger partial charge in [0.25, 0.3) is 11.6 Å². The number of hydrogen-bond acceptors (Lipinski definition) is 3. The molecule has 0 unspecified atom stereocenters. The zero-order chi connectivity index (χ0) is 19.7. The van der Waals surface area contributed by atoms with Crippen LogP contribution in [-0.4, -0.2) is 35.2 Å². The summed E-state index contributed by atoms with van der Waals surface area (Å²) in [7, 11) is 0. The van der Waals surface area contributed by atoms with Crippen LogP contribution in [0.3, 0.4) is 0 Å². The molecule has 28 heavy (non-hydrogen) atoms. The third-order valence-electron chi connectivity index (χ3n) is 5.36. The fourth-order valence-corrected chi connectivity index (χ4v) is 4.23. The van der Waals surface area contributed by atoms with E-state index in [1.807, 2.05) is 17.0 Å². The van der Waals surface area contributed by atoms with E-state index in [0.29, 0.717) is 17.1 Å². The van der Waals surface area contributed by atoms with Gasteiger partial charge < -0.3 is 9.84 Å². The second-order valence-electron chi connectivity index (χ2n) is 7.18. The Morgan fingerprint density at radius 1 is 1.04 bits per heavy atom. The first-order valence-electron chi connectivity index (χ1n) is 9.42. The van der Waals surface area contributed by atoms with Gasteiger partial charge in [-0.1, -0.05) is 11.6 Å². The molecule has 7 heteroatoms. The summed E-state index contributed by atoms with van der Waals surface area (Å²) in [6.07, 6.45) is 4.17. The number of halogens is 3. The van der Waals surface area contributed by atoms with Gasteiger partial charge in [0.05, 0.1) is 6.54 Å². The molecule has 1 atom stereocenters. The van der Waals surface area contributed by atoms with Crippen molar-refractivity contribution in [2.75, 3.05) is 18.0 Å². The Labute approximate surface area is 167 Å². The average molecular weight is 408 g/mol. The predicted octanol–water partition coefficient (Wildman–Crippen LogP) is 4.59. The van der Waals surface area contributed by atoms with Gasteiger partial charge >= 0.3 is 6.61 Å². The highest BCUT2D eigenvalue weighted by molar-refractivity contribution is 6.30. The molecule has 1 N–H and O–H groups in total. The fraction of sp³-hybridized carbons (Fsp3) is 0.381. The van der Waals surface area contributed by atoms with E-state index in [0.717, 1.165) is 43.8 Å². The first-order valence-corrected chi connectivity index (χ1v) is 9.79. The number of nitrogens with zero attached hydrogens (tertiary/aromatic N) is 2. The highest BCUT2D eigenvalue weighted by Crippen LogP contribution is 2.38. The van der Waals surface area contributed by atoms with Crippen molar-refractivity contribution in [2.45, 2.75) is 38.0 Å². The second-order valence-corrected chi connectivity index (χ2v) is 7.62. The van der Waals surface area contributed by atoms with Crippen LogP contribution < -0.4 is 9.64 Å². The Bertz CT molecular complexity index is 871. The molecule has 0 radical (unpaired) electrons. The monoisotopic (exact) mass is 407 g/mol. The minimum Gasteiger partial charge on any atom is -0.435 e. The fourth-order valence-electron chi connectivity index (χ4n) is 4.10. The Hall–Kier alpha value is -2.18. The lowest BCUT2D eigenvalue weighted by molar-refractivity contribution is -0.534. The number of ether oxygens (including phenoxy) is 1. The number of anilines is 1. The molecule has 2 heterocycles. The van der Waals surface area contributed by atoms with Gasteiger partial charge in [-0.2, -0.15) is 13.7 Å². The van der Waals surface area contributed by atoms with Gasteiger partial charge in [-0.25, -0.2) is 0 Å². The molecule has 0 aromatic heterocycles. The molecule has 2 aromatic carbocycles. The number of alkyl halides is 2. The van der Waals surface area contributed by atoms with Crippen LogP contribution in [0, 0.1) is 0 Å². The lowest BCUT2D eigenvalue weighted by Crippen LogP contribution is -2.47. The Morgan fingerprint density at radius 2 is 1.75 bits per heavy atom. The number of amidine groups is 1. The highest BCUT2D eigenvalue weighted by Gasteiger charge is 2.54. The molecular formula is C21H22ClF2N2O2+. The first kappa shape index (κ1) is 19.2. The molecule has 0 amide bonds. The zero-order valence-electron chi connectivity index (χ0n) is 15.3. The topological polar surface area (TPSA) is 35.7 Å². The lowest BCUT2D eigenvalue weighted by Gasteiger charge is -2.29. The third-order valence-corrected chi connectivity index (χ3v) is 5.61. The van der Waals surface area contributed by atoms with Crippen LogP contribution in [0.1, 0.15) is 31.2 Å². The van der Waals surface area contributed by atoms with Crippen molar-refractivity contribution in [3.63, 3.8) is 0 Å². The van der Waals surface area contributed by atoms with Crippen LogP contribution >= 0.6 is 11.6 Å². The number of benzene rings is 2. The van der Waals surface area contributed by atoms with Gasteiger partial charge in [-0.15, -0.1) is 0 Å². The molecular weight excluding hydrogens is 386 g/mol. The van der Waals surface area contributed by atoms with Crippen LogP contribution in [0.25, 0.3) is 0 Å². The van der Waals surface area contributed by atoms with Crippen molar-refractivity contribution >= 4 is 23.1 Å². The van der Waals surface area contributed by atoms with Crippen molar-refractivity contribution in [2.24, 2.45) is 0 Å². The van der Waals surface area contributed by atoms with Crippen LogP contribution in [0.15, 0.2) is 48.5 Å². The average Bonchev–Trinajstić information content (AvgIpc) is 2.79. The molecule has 0 aliphatic carbocycles. The van der Waals surface area contributed by atoms with Gasteiger partial charge in [0.15, 0.2) is 6.54 Å². The standard InChI is InChI=1S/C21H22ClF2N2O2/c22-16-7-9-17(10-8-16)26-19-4-2-1-3-13-25(19)14-21(26,27)15-5-11-18(12-6-15)28-20(23)24/h5-12,20,27H,1-4,13-14H2/q+1/t21-/m0/s1. The molecule has 0 saturated carbocycles. The summed E-state index contributed by atoms with van der Waals surface area (Å²) in [5.74, 6) is 1.15. The maximum absolute atomic E-state index is 12.5. The zero-order valence-corrected chi connectivity index (χ0v) is 16.1. The molecule has 0 bridgehead atoms. The second kappa shape index (κ2) is 7.68. The summed E-state index contributed by atoms with van der Waals surface area (Å²) in [6, 6.07) is 13.6. The molecule has 2 aliphatic heterocycles. The van der Waals surface area contributed by atoms with Crippen LogP contribution in [0.4, 0.5) is 14.5 Å². The van der Waals surface area contributed by atoms with E-state index in [1.54, 1.807) is 24.3 Å². The van der Waals surface area contributed by atoms with Crippen molar-refractivity contribution in [1.82, 2.24) is 0 Å². The number of hydrogen-bond donors (Lipinski definition) is 1. The van der Waals surface area contributed by atoms with Crippen molar-refractivity contribution in [3.05, 3.63) is 59.1 Å². The van der Waals surface area contributed by atoms with E-state index in [2.05, 4.69) is 9.31 Å². The van der Waals surface area contributed by atoms with Crippen molar-refractivity contribution in [3.8, 4) is 5.75 Å². The Kier molecular flexibility index (Phi) is 5.25. The number of rotatable bonds is 4. The van der Waals surface area contributed by atoms with E-state index in [-0.39, 0.29) is 5.75 Å². The smallest absolute Gasteiger partial charge is 0.387 e. The van der Waals surface area contributed by atoms with Crippen molar-refractivity contribution in [1.29, 1.82) is 0 Å². The lowest BCUT2D eigenvalue weighted by atomic mass is 9.99. The predicted molar refractivity (Wildman–Crippen MR) is 104 cm³/mol. The highest BCUT2D eigenvalue weighted by atomic mass is 35.5. The van der Waals surface area contributed by atoms with E-state index in [9.17, 15) is 13.9 Å². The van der Waals surface area contributed by atoms with Crippen molar-refractivity contribution < 1.29 is 23.2 Å². The minimum absolute atomic E-state index is 0.0700. The maximum Gasteiger partial charge on any atom is 0.387 e. The van der Waals surface area contributed by atoms with E-state index < -0.39 is 12.3 Å². The molecule has 4 rings (SSSR count). The van der Waals surface area contributed by atoms with Gasteiger partial charge in [0.2, 0.25) is 0 Å². The van der Waals surface area contributed by atoms with E-state index in [1.165, 1.54) is 12.1 Å². The first-order chi connectivity index (χ1) is 13.5. The third kappa shape index (κ3) is 3.59. The van der Waals surface area contributed by atoms with Gasteiger partial charge in [0, 0.05) is 17.0 Å². The van der Waals surface area contributed by atoms with Crippen LogP contribution in [0.2, 0.25) is 5.02 Å². The molecule has 2 aromatic rings. The summed E-state index contributed by atoms with van der Waals surface area (Å²) in [6.45, 7) is -1.58. The van der Waals surface area contributed by atoms with Gasteiger partial charge in [0.1, 0.15) is 11.4 Å². The number of aliphatic hydroxyl groups is 1. The summed E-state index contributed by atoms with van der Waals surface area (Å²) in [5, 5.41) is 12.4. The van der Waals surface area contributed by atoms with E-state index >= 15 is 0 Å². The van der Waals surface area contributed by atoms with Crippen LogP contribution in [-0.2, 0) is 5.72 Å². The summed E-state index contributed by atoms with van der Waals surface area (Å²) < 4.78 is 31.6.